The van der Waals surface area contributed by atoms with Crippen molar-refractivity contribution in [2.24, 2.45) is 5.92 Å². The number of methoxy groups -OCH3 is 3. The van der Waals surface area contributed by atoms with Gasteiger partial charge in [-0.1, -0.05) is 25.8 Å². The number of allylic oxidation sites excluding steroid dienone is 1. The van der Waals surface area contributed by atoms with Crippen LogP contribution in [0.1, 0.15) is 39.0 Å². The molecule has 120 valence electrons. The highest BCUT2D eigenvalue weighted by atomic mass is 16.5. The normalized spacial score (nSPS) is 12.5. The van der Waals surface area contributed by atoms with Crippen molar-refractivity contribution in [3.63, 3.8) is 0 Å². The first kappa shape index (κ1) is 19.1. The summed E-state index contributed by atoms with van der Waals surface area (Å²) in [5.41, 5.74) is 0.144. The van der Waals surface area contributed by atoms with E-state index in [1.807, 2.05) is 0 Å². The summed E-state index contributed by atoms with van der Waals surface area (Å²) in [5, 5.41) is 0. The molecular weight excluding hydrogens is 276 g/mol. The second-order valence-corrected chi connectivity index (χ2v) is 4.50. The number of carbonyl (C=O) groups excluding carboxylic acids is 3. The van der Waals surface area contributed by atoms with Crippen LogP contribution in [0.25, 0.3) is 0 Å². The maximum atomic E-state index is 11.9. The number of unbranched alkanes of at least 4 members (excludes halogenated alkanes) is 3. The molecule has 0 aliphatic rings. The van der Waals surface area contributed by atoms with E-state index in [-0.39, 0.29) is 12.0 Å². The lowest BCUT2D eigenvalue weighted by molar-refractivity contribution is -0.152. The van der Waals surface area contributed by atoms with E-state index >= 15 is 0 Å². The summed E-state index contributed by atoms with van der Waals surface area (Å²) < 4.78 is 13.9. The number of rotatable bonds is 9. The zero-order valence-electron chi connectivity index (χ0n) is 13.1. The molecule has 0 aliphatic heterocycles. The first-order valence-electron chi connectivity index (χ1n) is 6.94. The zero-order valence-corrected chi connectivity index (χ0v) is 13.1. The number of hydrogen-bond acceptors (Lipinski definition) is 6. The second-order valence-electron chi connectivity index (χ2n) is 4.50. The van der Waals surface area contributed by atoms with Crippen molar-refractivity contribution in [1.82, 2.24) is 0 Å². The first-order chi connectivity index (χ1) is 10.0. The molecule has 0 radical (unpaired) electrons. The summed E-state index contributed by atoms with van der Waals surface area (Å²) in [7, 11) is 3.66. The highest BCUT2D eigenvalue weighted by Crippen LogP contribution is 2.21. The van der Waals surface area contributed by atoms with Crippen LogP contribution >= 0.6 is 0 Å². The minimum absolute atomic E-state index is 0.144. The van der Waals surface area contributed by atoms with Crippen molar-refractivity contribution in [3.05, 3.63) is 11.6 Å². The van der Waals surface area contributed by atoms with E-state index in [4.69, 9.17) is 4.74 Å². The Morgan fingerprint density at radius 1 is 1.00 bits per heavy atom. The van der Waals surface area contributed by atoms with E-state index in [2.05, 4.69) is 16.4 Å². The average Bonchev–Trinajstić information content (AvgIpc) is 2.51. The molecule has 0 amide bonds. The molecule has 0 bridgehead atoms. The summed E-state index contributed by atoms with van der Waals surface area (Å²) in [5.74, 6) is -2.89. The Morgan fingerprint density at radius 2 is 1.67 bits per heavy atom. The minimum Gasteiger partial charge on any atom is -0.469 e. The molecule has 0 heterocycles. The van der Waals surface area contributed by atoms with Gasteiger partial charge in [0, 0.05) is 5.57 Å². The van der Waals surface area contributed by atoms with E-state index in [0.717, 1.165) is 19.3 Å². The Morgan fingerprint density at radius 3 is 2.14 bits per heavy atom. The number of hydrogen-bond donors (Lipinski definition) is 0. The third kappa shape index (κ3) is 6.92. The highest BCUT2D eigenvalue weighted by Gasteiger charge is 2.31. The fourth-order valence-electron chi connectivity index (χ4n) is 1.85. The van der Waals surface area contributed by atoms with Crippen molar-refractivity contribution in [2.75, 3.05) is 21.3 Å². The standard InChI is InChI=1S/C15H24O6/c1-5-6-7-8-9-11(14(17)20-3)12(15(18)21-4)10-13(16)19-2/h9,12H,5-8,10H2,1-4H3/b11-9+. The van der Waals surface area contributed by atoms with Crippen LogP contribution in [0.2, 0.25) is 0 Å². The van der Waals surface area contributed by atoms with Crippen LogP contribution in [0.3, 0.4) is 0 Å². The van der Waals surface area contributed by atoms with Gasteiger partial charge in [-0.3, -0.25) is 9.59 Å². The third-order valence-electron chi connectivity index (χ3n) is 3.05. The minimum atomic E-state index is -1.00. The van der Waals surface area contributed by atoms with Gasteiger partial charge in [-0.25, -0.2) is 4.79 Å². The Balaban J connectivity index is 5.21. The fourth-order valence-corrected chi connectivity index (χ4v) is 1.85. The molecule has 1 atom stereocenters. The fraction of sp³-hybridized carbons (Fsp3) is 0.667. The summed E-state index contributed by atoms with van der Waals surface area (Å²) in [4.78, 5) is 35.1. The van der Waals surface area contributed by atoms with E-state index in [0.29, 0.717) is 6.42 Å². The van der Waals surface area contributed by atoms with Crippen LogP contribution in [-0.2, 0) is 28.6 Å². The predicted octanol–water partition coefficient (Wildman–Crippen LogP) is 2.02. The molecule has 0 N–H and O–H groups in total. The zero-order chi connectivity index (χ0) is 16.3. The van der Waals surface area contributed by atoms with Gasteiger partial charge >= 0.3 is 17.9 Å². The topological polar surface area (TPSA) is 78.9 Å². The van der Waals surface area contributed by atoms with Gasteiger partial charge in [-0.2, -0.15) is 0 Å². The molecule has 0 spiro atoms. The maximum absolute atomic E-state index is 11.9. The SMILES string of the molecule is CCCCC/C=C(/C(=O)OC)C(CC(=O)OC)C(=O)OC. The molecule has 6 nitrogen and oxygen atoms in total. The Kier molecular flexibility index (Phi) is 9.92. The summed E-state index contributed by atoms with van der Waals surface area (Å²) in [6.07, 6.45) is 4.98. The lowest BCUT2D eigenvalue weighted by Crippen LogP contribution is -2.27. The molecule has 0 fully saturated rings. The van der Waals surface area contributed by atoms with Crippen molar-refractivity contribution in [2.45, 2.75) is 39.0 Å². The molecule has 1 unspecified atom stereocenters. The van der Waals surface area contributed by atoms with Crippen LogP contribution < -0.4 is 0 Å². The summed E-state index contributed by atoms with van der Waals surface area (Å²) in [6, 6.07) is 0. The van der Waals surface area contributed by atoms with Crippen molar-refractivity contribution >= 4 is 17.9 Å². The van der Waals surface area contributed by atoms with Gasteiger partial charge in [0.25, 0.3) is 0 Å². The molecule has 0 aromatic carbocycles. The van der Waals surface area contributed by atoms with Gasteiger partial charge < -0.3 is 14.2 Å². The molecule has 0 rings (SSSR count). The van der Waals surface area contributed by atoms with Crippen LogP contribution in [0.15, 0.2) is 11.6 Å². The highest BCUT2D eigenvalue weighted by molar-refractivity contribution is 5.97. The number of esters is 3. The number of ether oxygens (including phenoxy) is 3. The van der Waals surface area contributed by atoms with E-state index in [1.54, 1.807) is 6.08 Å². The van der Waals surface area contributed by atoms with Crippen molar-refractivity contribution < 1.29 is 28.6 Å². The van der Waals surface area contributed by atoms with E-state index in [9.17, 15) is 14.4 Å². The molecule has 0 saturated heterocycles. The van der Waals surface area contributed by atoms with Gasteiger partial charge in [-0.15, -0.1) is 0 Å². The van der Waals surface area contributed by atoms with Gasteiger partial charge in [0.1, 0.15) is 0 Å². The van der Waals surface area contributed by atoms with E-state index < -0.39 is 23.8 Å². The van der Waals surface area contributed by atoms with Crippen molar-refractivity contribution in [1.29, 1.82) is 0 Å². The van der Waals surface area contributed by atoms with Crippen LogP contribution in [0, 0.1) is 5.92 Å². The van der Waals surface area contributed by atoms with Crippen molar-refractivity contribution in [3.8, 4) is 0 Å². The Labute approximate surface area is 125 Å². The summed E-state index contributed by atoms with van der Waals surface area (Å²) in [6.45, 7) is 2.07. The lowest BCUT2D eigenvalue weighted by Gasteiger charge is -2.16. The molecule has 0 aromatic rings. The molecule has 0 aliphatic carbocycles. The average molecular weight is 300 g/mol. The van der Waals surface area contributed by atoms with Gasteiger partial charge in [0.15, 0.2) is 0 Å². The van der Waals surface area contributed by atoms with Crippen LogP contribution in [0.4, 0.5) is 0 Å². The van der Waals surface area contributed by atoms with E-state index in [1.165, 1.54) is 21.3 Å². The second kappa shape index (κ2) is 10.9. The largest absolute Gasteiger partial charge is 0.469 e. The van der Waals surface area contributed by atoms with Gasteiger partial charge in [0.2, 0.25) is 0 Å². The molecule has 6 heteroatoms. The van der Waals surface area contributed by atoms with Crippen LogP contribution in [0.5, 0.6) is 0 Å². The Bertz CT molecular complexity index is 386. The quantitative estimate of drug-likeness (QED) is 0.280. The monoisotopic (exact) mass is 300 g/mol. The molecule has 0 aromatic heterocycles. The van der Waals surface area contributed by atoms with Crippen LogP contribution in [-0.4, -0.2) is 39.2 Å². The molecular formula is C15H24O6. The smallest absolute Gasteiger partial charge is 0.334 e. The third-order valence-corrected chi connectivity index (χ3v) is 3.05. The number of carbonyl (C=O) groups is 3. The van der Waals surface area contributed by atoms with Gasteiger partial charge in [-0.05, 0) is 12.8 Å². The first-order valence-corrected chi connectivity index (χ1v) is 6.94. The predicted molar refractivity (Wildman–Crippen MR) is 76.4 cm³/mol. The molecule has 21 heavy (non-hydrogen) atoms. The maximum Gasteiger partial charge on any atom is 0.334 e. The summed E-state index contributed by atoms with van der Waals surface area (Å²) >= 11 is 0. The van der Waals surface area contributed by atoms with Gasteiger partial charge in [0.05, 0.1) is 33.7 Å². The molecule has 0 saturated carbocycles. The Hall–Kier alpha value is -1.85. The lowest BCUT2D eigenvalue weighted by atomic mass is 9.94.